The Labute approximate surface area is 80.2 Å². The first kappa shape index (κ1) is 8.38. The molecule has 0 saturated heterocycles. The number of nitrogens with zero attached hydrogens (tertiary/aromatic N) is 1. The number of hydrogen-bond acceptors (Lipinski definition) is 3. The Morgan fingerprint density at radius 2 is 2.38 bits per heavy atom. The van der Waals surface area contributed by atoms with Gasteiger partial charge in [-0.3, -0.25) is 4.79 Å². The zero-order chi connectivity index (χ0) is 9.26. The molecule has 1 aromatic carbocycles. The van der Waals surface area contributed by atoms with Crippen molar-refractivity contribution in [1.82, 2.24) is 4.98 Å². The lowest BCUT2D eigenvalue weighted by molar-refractivity contribution is 0.112. The fraction of sp³-hybridized carbons (Fsp3) is 0.200. The van der Waals surface area contributed by atoms with Gasteiger partial charge in [-0.2, -0.15) is 0 Å². The van der Waals surface area contributed by atoms with Crippen LogP contribution in [0.5, 0.6) is 0 Å². The summed E-state index contributed by atoms with van der Waals surface area (Å²) in [7, 11) is 0. The zero-order valence-electron chi connectivity index (χ0n) is 7.28. The van der Waals surface area contributed by atoms with Crippen LogP contribution < -0.4 is 0 Å². The van der Waals surface area contributed by atoms with Crippen LogP contribution in [0, 0.1) is 0 Å². The first-order chi connectivity index (χ1) is 6.33. The van der Waals surface area contributed by atoms with E-state index in [2.05, 4.69) is 11.9 Å². The first-order valence-electron chi connectivity index (χ1n) is 4.18. The van der Waals surface area contributed by atoms with Crippen LogP contribution in [0.25, 0.3) is 10.2 Å². The van der Waals surface area contributed by atoms with Crippen molar-refractivity contribution in [3.05, 3.63) is 28.8 Å². The lowest BCUT2D eigenvalue weighted by Crippen LogP contribution is -1.78. The van der Waals surface area contributed by atoms with Crippen molar-refractivity contribution in [1.29, 1.82) is 0 Å². The van der Waals surface area contributed by atoms with Crippen LogP contribution in [0.3, 0.4) is 0 Å². The molecule has 2 rings (SSSR count). The molecular weight excluding hydrogens is 182 g/mol. The maximum atomic E-state index is 10.5. The maximum absolute atomic E-state index is 10.5. The molecule has 0 spiro atoms. The van der Waals surface area contributed by atoms with Crippen LogP contribution in [0.2, 0.25) is 0 Å². The average molecular weight is 191 g/mol. The number of aryl methyl sites for hydroxylation is 1. The standard InChI is InChI=1S/C10H9NOS/c1-2-10-11-8-5-7(6-12)3-4-9(8)13-10/h3-6H,2H2,1H3. The molecular formula is C10H9NOS. The summed E-state index contributed by atoms with van der Waals surface area (Å²) in [6.07, 6.45) is 1.81. The van der Waals surface area contributed by atoms with E-state index >= 15 is 0 Å². The van der Waals surface area contributed by atoms with Gasteiger partial charge >= 0.3 is 0 Å². The number of fused-ring (bicyclic) bond motifs is 1. The molecule has 0 atom stereocenters. The van der Waals surface area contributed by atoms with Crippen molar-refractivity contribution in [3.8, 4) is 0 Å². The lowest BCUT2D eigenvalue weighted by atomic mass is 10.2. The minimum absolute atomic E-state index is 0.695. The van der Waals surface area contributed by atoms with E-state index in [9.17, 15) is 4.79 Å². The monoisotopic (exact) mass is 191 g/mol. The van der Waals surface area contributed by atoms with Gasteiger partial charge in [-0.05, 0) is 18.6 Å². The fourth-order valence-corrected chi connectivity index (χ4v) is 2.10. The van der Waals surface area contributed by atoms with E-state index in [4.69, 9.17) is 0 Å². The Hall–Kier alpha value is -1.22. The molecule has 0 N–H and O–H groups in total. The Bertz CT molecular complexity index is 447. The van der Waals surface area contributed by atoms with Crippen molar-refractivity contribution in [2.75, 3.05) is 0 Å². The third-order valence-corrected chi connectivity index (χ3v) is 3.08. The van der Waals surface area contributed by atoms with Crippen LogP contribution in [-0.4, -0.2) is 11.3 Å². The summed E-state index contributed by atoms with van der Waals surface area (Å²) in [5.41, 5.74) is 1.63. The summed E-state index contributed by atoms with van der Waals surface area (Å²) in [6.45, 7) is 2.08. The van der Waals surface area contributed by atoms with E-state index in [-0.39, 0.29) is 0 Å². The predicted molar refractivity (Wildman–Crippen MR) is 54.4 cm³/mol. The Kier molecular flexibility index (Phi) is 2.10. The molecule has 2 nitrogen and oxygen atoms in total. The van der Waals surface area contributed by atoms with Gasteiger partial charge in [-0.15, -0.1) is 11.3 Å². The third-order valence-electron chi connectivity index (χ3n) is 1.89. The van der Waals surface area contributed by atoms with Gasteiger partial charge in [-0.1, -0.05) is 13.0 Å². The summed E-state index contributed by atoms with van der Waals surface area (Å²) < 4.78 is 1.16. The molecule has 1 heterocycles. The minimum atomic E-state index is 0.695. The number of hydrogen-bond donors (Lipinski definition) is 0. The van der Waals surface area contributed by atoms with Crippen molar-refractivity contribution >= 4 is 27.8 Å². The van der Waals surface area contributed by atoms with Gasteiger partial charge in [0.1, 0.15) is 6.29 Å². The Morgan fingerprint density at radius 3 is 3.08 bits per heavy atom. The molecule has 1 aromatic heterocycles. The number of thiazole rings is 1. The Balaban J connectivity index is 2.63. The van der Waals surface area contributed by atoms with E-state index in [0.29, 0.717) is 5.56 Å². The number of rotatable bonds is 2. The van der Waals surface area contributed by atoms with Gasteiger partial charge in [0.25, 0.3) is 0 Å². The number of benzene rings is 1. The number of carbonyl (C=O) groups is 1. The highest BCUT2D eigenvalue weighted by atomic mass is 32.1. The topological polar surface area (TPSA) is 30.0 Å². The van der Waals surface area contributed by atoms with Crippen LogP contribution in [0.15, 0.2) is 18.2 Å². The molecule has 13 heavy (non-hydrogen) atoms. The van der Waals surface area contributed by atoms with E-state index in [0.717, 1.165) is 27.9 Å². The zero-order valence-corrected chi connectivity index (χ0v) is 8.10. The van der Waals surface area contributed by atoms with Crippen LogP contribution in [0.4, 0.5) is 0 Å². The number of carbonyl (C=O) groups excluding carboxylic acids is 1. The predicted octanol–water partition coefficient (Wildman–Crippen LogP) is 2.67. The van der Waals surface area contributed by atoms with Crippen LogP contribution in [-0.2, 0) is 6.42 Å². The maximum Gasteiger partial charge on any atom is 0.150 e. The summed E-state index contributed by atoms with van der Waals surface area (Å²) in [6, 6.07) is 5.61. The highest BCUT2D eigenvalue weighted by Crippen LogP contribution is 2.22. The van der Waals surface area contributed by atoms with Crippen molar-refractivity contribution < 1.29 is 4.79 Å². The second kappa shape index (κ2) is 3.26. The summed E-state index contributed by atoms with van der Waals surface area (Å²) >= 11 is 1.69. The van der Waals surface area contributed by atoms with E-state index < -0.39 is 0 Å². The van der Waals surface area contributed by atoms with Gasteiger partial charge in [-0.25, -0.2) is 4.98 Å². The summed E-state index contributed by atoms with van der Waals surface area (Å²) in [4.78, 5) is 14.9. The molecule has 0 aliphatic heterocycles. The van der Waals surface area contributed by atoms with Crippen LogP contribution in [0.1, 0.15) is 22.3 Å². The summed E-state index contributed by atoms with van der Waals surface area (Å²) in [5.74, 6) is 0. The van der Waals surface area contributed by atoms with E-state index in [1.807, 2.05) is 18.2 Å². The molecule has 0 fully saturated rings. The van der Waals surface area contributed by atoms with Crippen LogP contribution >= 0.6 is 11.3 Å². The van der Waals surface area contributed by atoms with Crippen molar-refractivity contribution in [2.45, 2.75) is 13.3 Å². The molecule has 0 bridgehead atoms. The van der Waals surface area contributed by atoms with Crippen molar-refractivity contribution in [3.63, 3.8) is 0 Å². The smallest absolute Gasteiger partial charge is 0.150 e. The summed E-state index contributed by atoms with van der Waals surface area (Å²) in [5, 5.41) is 1.12. The first-order valence-corrected chi connectivity index (χ1v) is 5.00. The quantitative estimate of drug-likeness (QED) is 0.683. The third kappa shape index (κ3) is 1.47. The molecule has 0 unspecified atom stereocenters. The molecule has 0 aliphatic carbocycles. The molecule has 0 saturated carbocycles. The molecule has 2 aromatic rings. The highest BCUT2D eigenvalue weighted by molar-refractivity contribution is 7.18. The second-order valence-corrected chi connectivity index (χ2v) is 3.92. The molecule has 0 aliphatic rings. The molecule has 0 amide bonds. The molecule has 3 heteroatoms. The normalized spacial score (nSPS) is 10.5. The number of aldehydes is 1. The van der Waals surface area contributed by atoms with Crippen molar-refractivity contribution in [2.24, 2.45) is 0 Å². The van der Waals surface area contributed by atoms with E-state index in [1.54, 1.807) is 11.3 Å². The van der Waals surface area contributed by atoms with E-state index in [1.165, 1.54) is 0 Å². The van der Waals surface area contributed by atoms with Gasteiger partial charge in [0.15, 0.2) is 0 Å². The Morgan fingerprint density at radius 1 is 1.54 bits per heavy atom. The SMILES string of the molecule is CCc1nc2cc(C=O)ccc2s1. The highest BCUT2D eigenvalue weighted by Gasteiger charge is 2.02. The minimum Gasteiger partial charge on any atom is -0.298 e. The molecule has 0 radical (unpaired) electrons. The van der Waals surface area contributed by atoms with Gasteiger partial charge in [0, 0.05) is 5.56 Å². The van der Waals surface area contributed by atoms with Gasteiger partial charge in [0.05, 0.1) is 15.2 Å². The largest absolute Gasteiger partial charge is 0.298 e. The van der Waals surface area contributed by atoms with Gasteiger partial charge < -0.3 is 0 Å². The number of aromatic nitrogens is 1. The lowest BCUT2D eigenvalue weighted by Gasteiger charge is -1.87. The molecule has 66 valence electrons. The fourth-order valence-electron chi connectivity index (χ4n) is 1.22. The second-order valence-electron chi connectivity index (χ2n) is 2.81. The van der Waals surface area contributed by atoms with Gasteiger partial charge in [0.2, 0.25) is 0 Å². The average Bonchev–Trinajstić information content (AvgIpc) is 2.58.